The van der Waals surface area contributed by atoms with Crippen LogP contribution in [0.25, 0.3) is 0 Å². The fourth-order valence-electron chi connectivity index (χ4n) is 2.75. The lowest BCUT2D eigenvalue weighted by Gasteiger charge is -2.16. The van der Waals surface area contributed by atoms with Crippen molar-refractivity contribution in [3.05, 3.63) is 69.4 Å². The van der Waals surface area contributed by atoms with Crippen LogP contribution in [0, 0.1) is 5.82 Å². The molecule has 0 atom stereocenters. The predicted octanol–water partition coefficient (Wildman–Crippen LogP) is 4.07. The van der Waals surface area contributed by atoms with Gasteiger partial charge in [0, 0.05) is 29.5 Å². The summed E-state index contributed by atoms with van der Waals surface area (Å²) in [6.45, 7) is 1.31. The molecule has 1 aliphatic heterocycles. The second kappa shape index (κ2) is 7.78. The maximum atomic E-state index is 13.1. The number of hydrogen-bond acceptors (Lipinski definition) is 3. The zero-order valence-electron chi connectivity index (χ0n) is 13.5. The van der Waals surface area contributed by atoms with Crippen LogP contribution < -0.4 is 0 Å². The van der Waals surface area contributed by atoms with Gasteiger partial charge in [-0.1, -0.05) is 34.1 Å². The molecule has 2 aromatic carbocycles. The number of ether oxygens (including phenoxy) is 1. The quantitative estimate of drug-likeness (QED) is 0.704. The third-order valence-electron chi connectivity index (χ3n) is 4.08. The van der Waals surface area contributed by atoms with Gasteiger partial charge >= 0.3 is 5.97 Å². The van der Waals surface area contributed by atoms with Gasteiger partial charge in [0.1, 0.15) is 12.4 Å². The van der Waals surface area contributed by atoms with Crippen LogP contribution in [0.1, 0.15) is 34.3 Å². The van der Waals surface area contributed by atoms with E-state index in [4.69, 9.17) is 4.74 Å². The largest absolute Gasteiger partial charge is 0.457 e. The molecule has 0 unspecified atom stereocenters. The Balaban J connectivity index is 1.63. The van der Waals surface area contributed by atoms with E-state index in [1.807, 2.05) is 6.07 Å². The summed E-state index contributed by atoms with van der Waals surface area (Å²) in [5.41, 5.74) is 2.02. The van der Waals surface area contributed by atoms with Gasteiger partial charge in [0.2, 0.25) is 5.91 Å². The van der Waals surface area contributed by atoms with E-state index in [9.17, 15) is 14.0 Å². The Morgan fingerprint density at radius 2 is 2.08 bits per heavy atom. The number of carbonyl (C=O) groups excluding carboxylic acids is 2. The lowest BCUT2D eigenvalue weighted by Crippen LogP contribution is -2.23. The highest BCUT2D eigenvalue weighted by Crippen LogP contribution is 2.20. The zero-order chi connectivity index (χ0) is 17.8. The molecular weight excluding hydrogens is 389 g/mol. The smallest absolute Gasteiger partial charge is 0.338 e. The minimum atomic E-state index is -0.453. The lowest BCUT2D eigenvalue weighted by molar-refractivity contribution is -0.128. The van der Waals surface area contributed by atoms with Crippen molar-refractivity contribution in [3.8, 4) is 0 Å². The lowest BCUT2D eigenvalue weighted by atomic mass is 10.1. The van der Waals surface area contributed by atoms with Crippen LogP contribution in [-0.2, 0) is 22.7 Å². The van der Waals surface area contributed by atoms with Gasteiger partial charge in [-0.05, 0) is 36.2 Å². The molecule has 0 bridgehead atoms. The topological polar surface area (TPSA) is 46.6 Å². The van der Waals surface area contributed by atoms with Gasteiger partial charge in [-0.3, -0.25) is 4.79 Å². The summed E-state index contributed by atoms with van der Waals surface area (Å²) < 4.78 is 19.0. The van der Waals surface area contributed by atoms with Crippen LogP contribution in [0.3, 0.4) is 0 Å². The molecule has 1 fully saturated rings. The molecule has 130 valence electrons. The van der Waals surface area contributed by atoms with E-state index < -0.39 is 5.97 Å². The van der Waals surface area contributed by atoms with Gasteiger partial charge in [-0.2, -0.15) is 0 Å². The first kappa shape index (κ1) is 17.6. The molecule has 4 nitrogen and oxygen atoms in total. The maximum Gasteiger partial charge on any atom is 0.338 e. The Morgan fingerprint density at radius 3 is 2.80 bits per heavy atom. The molecule has 0 aliphatic carbocycles. The minimum Gasteiger partial charge on any atom is -0.457 e. The van der Waals surface area contributed by atoms with E-state index in [1.165, 1.54) is 12.1 Å². The molecular formula is C19H17BrFNO3. The van der Waals surface area contributed by atoms with Gasteiger partial charge in [0.25, 0.3) is 0 Å². The summed E-state index contributed by atoms with van der Waals surface area (Å²) >= 11 is 3.25. The maximum absolute atomic E-state index is 13.1. The molecule has 0 saturated carbocycles. The predicted molar refractivity (Wildman–Crippen MR) is 94.3 cm³/mol. The van der Waals surface area contributed by atoms with E-state index in [2.05, 4.69) is 15.9 Å². The SMILES string of the molecule is O=C(OCc1ccc(F)cc1Br)c1cccc(CN2CCCC2=O)c1. The average Bonchev–Trinajstić information content (AvgIpc) is 2.99. The zero-order valence-corrected chi connectivity index (χ0v) is 15.1. The second-order valence-corrected chi connectivity index (χ2v) is 6.79. The fourth-order valence-corrected chi connectivity index (χ4v) is 3.22. The Labute approximate surface area is 153 Å². The summed E-state index contributed by atoms with van der Waals surface area (Å²) in [5.74, 6) is -0.661. The summed E-state index contributed by atoms with van der Waals surface area (Å²) in [5, 5.41) is 0. The Morgan fingerprint density at radius 1 is 1.24 bits per heavy atom. The minimum absolute atomic E-state index is 0.0501. The first-order chi connectivity index (χ1) is 12.0. The number of halogens is 2. The van der Waals surface area contributed by atoms with E-state index >= 15 is 0 Å². The highest BCUT2D eigenvalue weighted by molar-refractivity contribution is 9.10. The van der Waals surface area contributed by atoms with Crippen molar-refractivity contribution in [3.63, 3.8) is 0 Å². The standard InChI is InChI=1S/C19H17BrFNO3/c20-17-10-16(21)7-6-15(17)12-25-19(24)14-4-1-3-13(9-14)11-22-8-2-5-18(22)23/h1,3-4,6-7,9-10H,2,5,8,11-12H2. The van der Waals surface area contributed by atoms with Crippen LogP contribution in [0.5, 0.6) is 0 Å². The Bertz CT molecular complexity index is 809. The first-order valence-electron chi connectivity index (χ1n) is 8.01. The van der Waals surface area contributed by atoms with Crippen molar-refractivity contribution < 1.29 is 18.7 Å². The number of nitrogens with zero attached hydrogens (tertiary/aromatic N) is 1. The van der Waals surface area contributed by atoms with E-state index in [0.717, 1.165) is 18.5 Å². The first-order valence-corrected chi connectivity index (χ1v) is 8.80. The van der Waals surface area contributed by atoms with Crippen LogP contribution in [0.2, 0.25) is 0 Å². The summed E-state index contributed by atoms with van der Waals surface area (Å²) in [7, 11) is 0. The third-order valence-corrected chi connectivity index (χ3v) is 4.82. The monoisotopic (exact) mass is 405 g/mol. The number of amides is 1. The molecule has 1 saturated heterocycles. The van der Waals surface area contributed by atoms with E-state index in [1.54, 1.807) is 29.2 Å². The van der Waals surface area contributed by atoms with Crippen molar-refractivity contribution in [1.29, 1.82) is 0 Å². The fraction of sp³-hybridized carbons (Fsp3) is 0.263. The van der Waals surface area contributed by atoms with Gasteiger partial charge < -0.3 is 9.64 Å². The normalized spacial score (nSPS) is 14.0. The Hall–Kier alpha value is -2.21. The summed E-state index contributed by atoms with van der Waals surface area (Å²) in [6, 6.07) is 11.3. The molecule has 0 spiro atoms. The third kappa shape index (κ3) is 4.45. The Kier molecular flexibility index (Phi) is 5.48. The van der Waals surface area contributed by atoms with Crippen LogP contribution in [-0.4, -0.2) is 23.3 Å². The molecule has 3 rings (SSSR count). The van der Waals surface area contributed by atoms with Crippen LogP contribution in [0.4, 0.5) is 4.39 Å². The van der Waals surface area contributed by atoms with E-state index in [-0.39, 0.29) is 18.3 Å². The van der Waals surface area contributed by atoms with Crippen molar-refractivity contribution in [2.24, 2.45) is 0 Å². The molecule has 1 heterocycles. The number of likely N-dealkylation sites (tertiary alicyclic amines) is 1. The number of carbonyl (C=O) groups is 2. The van der Waals surface area contributed by atoms with E-state index in [0.29, 0.717) is 28.6 Å². The number of hydrogen-bond donors (Lipinski definition) is 0. The van der Waals surface area contributed by atoms with Gasteiger partial charge in [0.15, 0.2) is 0 Å². The molecule has 2 aromatic rings. The van der Waals surface area contributed by atoms with Crippen molar-refractivity contribution in [2.75, 3.05) is 6.54 Å². The van der Waals surface area contributed by atoms with Crippen molar-refractivity contribution >= 4 is 27.8 Å². The average molecular weight is 406 g/mol. The van der Waals surface area contributed by atoms with Crippen LogP contribution in [0.15, 0.2) is 46.9 Å². The molecule has 25 heavy (non-hydrogen) atoms. The highest BCUT2D eigenvalue weighted by atomic mass is 79.9. The number of esters is 1. The summed E-state index contributed by atoms with van der Waals surface area (Å²) in [6.07, 6.45) is 1.47. The number of benzene rings is 2. The van der Waals surface area contributed by atoms with Gasteiger partial charge in [-0.15, -0.1) is 0 Å². The van der Waals surface area contributed by atoms with Crippen molar-refractivity contribution in [1.82, 2.24) is 4.90 Å². The second-order valence-electron chi connectivity index (χ2n) is 5.93. The molecule has 0 radical (unpaired) electrons. The molecule has 1 aliphatic rings. The van der Waals surface area contributed by atoms with Gasteiger partial charge in [-0.25, -0.2) is 9.18 Å². The van der Waals surface area contributed by atoms with Gasteiger partial charge in [0.05, 0.1) is 5.56 Å². The molecule has 6 heteroatoms. The molecule has 0 N–H and O–H groups in total. The molecule has 0 aromatic heterocycles. The molecule has 1 amide bonds. The highest BCUT2D eigenvalue weighted by Gasteiger charge is 2.20. The van der Waals surface area contributed by atoms with Crippen molar-refractivity contribution in [2.45, 2.75) is 26.0 Å². The van der Waals surface area contributed by atoms with Crippen LogP contribution >= 0.6 is 15.9 Å². The number of rotatable bonds is 5. The summed E-state index contributed by atoms with van der Waals surface area (Å²) in [4.78, 5) is 25.8.